The first-order chi connectivity index (χ1) is 8.15. The number of carbonyl (C=O) groups is 1. The van der Waals surface area contributed by atoms with Crippen molar-refractivity contribution >= 4 is 49.4 Å². The highest BCUT2D eigenvalue weighted by Crippen LogP contribution is 2.29. The molecule has 1 amide bonds. The molecule has 1 aromatic carbocycles. The smallest absolute Gasteiger partial charge is 0.255 e. The van der Waals surface area contributed by atoms with Crippen LogP contribution in [-0.2, 0) is 0 Å². The molecule has 0 bridgehead atoms. The molecule has 1 aliphatic heterocycles. The van der Waals surface area contributed by atoms with E-state index < -0.39 is 0 Å². The molecule has 0 saturated carbocycles. The molecule has 0 aromatic heterocycles. The summed E-state index contributed by atoms with van der Waals surface area (Å²) in [7, 11) is 0. The summed E-state index contributed by atoms with van der Waals surface area (Å²) in [6.45, 7) is 0.817. The summed E-state index contributed by atoms with van der Waals surface area (Å²) in [6, 6.07) is 5.74. The second-order valence-electron chi connectivity index (χ2n) is 4.05. The van der Waals surface area contributed by atoms with Crippen molar-refractivity contribution in [3.63, 3.8) is 0 Å². The van der Waals surface area contributed by atoms with E-state index >= 15 is 0 Å². The van der Waals surface area contributed by atoms with Crippen LogP contribution in [0.5, 0.6) is 0 Å². The van der Waals surface area contributed by atoms with Crippen LogP contribution in [-0.4, -0.2) is 28.7 Å². The number of halogens is 3. The zero-order valence-electron chi connectivity index (χ0n) is 9.13. The Kier molecular flexibility index (Phi) is 4.50. The molecule has 1 atom stereocenters. The Hall–Kier alpha value is -0.0600. The highest BCUT2D eigenvalue weighted by Gasteiger charge is 2.29. The van der Waals surface area contributed by atoms with Crippen molar-refractivity contribution in [2.24, 2.45) is 0 Å². The third-order valence-electron chi connectivity index (χ3n) is 3.00. The fourth-order valence-electron chi connectivity index (χ4n) is 2.09. The number of alkyl halides is 1. The van der Waals surface area contributed by atoms with E-state index in [1.165, 1.54) is 0 Å². The Bertz CT molecular complexity index is 439. The van der Waals surface area contributed by atoms with E-state index in [-0.39, 0.29) is 11.9 Å². The standard InChI is InChI=1S/C12H12Br2ClNO/c13-7-8-3-2-6-16(8)12(17)9-4-1-5-10(14)11(9)15/h1,4-5,8H,2-3,6-7H2. The molecule has 1 aliphatic rings. The molecule has 1 unspecified atom stereocenters. The number of amides is 1. The van der Waals surface area contributed by atoms with Crippen molar-refractivity contribution in [1.82, 2.24) is 4.90 Å². The molecule has 1 fully saturated rings. The maximum absolute atomic E-state index is 12.4. The Balaban J connectivity index is 2.28. The molecule has 0 aliphatic carbocycles. The zero-order chi connectivity index (χ0) is 12.4. The third-order valence-corrected chi connectivity index (χ3v) is 5.04. The summed E-state index contributed by atoms with van der Waals surface area (Å²) in [5, 5.41) is 1.32. The lowest BCUT2D eigenvalue weighted by atomic mass is 10.2. The van der Waals surface area contributed by atoms with Crippen LogP contribution >= 0.6 is 43.5 Å². The van der Waals surface area contributed by atoms with Crippen LogP contribution in [0.3, 0.4) is 0 Å². The van der Waals surface area contributed by atoms with Gasteiger partial charge in [-0.3, -0.25) is 4.79 Å². The minimum absolute atomic E-state index is 0.0262. The minimum atomic E-state index is 0.0262. The van der Waals surface area contributed by atoms with Crippen molar-refractivity contribution in [2.45, 2.75) is 18.9 Å². The van der Waals surface area contributed by atoms with Gasteiger partial charge < -0.3 is 4.90 Å². The van der Waals surface area contributed by atoms with Gasteiger partial charge in [0.05, 0.1) is 10.6 Å². The van der Waals surface area contributed by atoms with Gasteiger partial charge in [-0.2, -0.15) is 0 Å². The number of carbonyl (C=O) groups excluding carboxylic acids is 1. The summed E-state index contributed by atoms with van der Waals surface area (Å²) >= 11 is 12.9. The van der Waals surface area contributed by atoms with E-state index in [9.17, 15) is 4.79 Å². The van der Waals surface area contributed by atoms with Gasteiger partial charge in [-0.15, -0.1) is 0 Å². The molecule has 5 heteroatoms. The van der Waals surface area contributed by atoms with Crippen molar-refractivity contribution in [3.8, 4) is 0 Å². The molecule has 0 radical (unpaired) electrons. The number of likely N-dealkylation sites (tertiary alicyclic amines) is 1. The molecule has 17 heavy (non-hydrogen) atoms. The third kappa shape index (κ3) is 2.69. The zero-order valence-corrected chi connectivity index (χ0v) is 13.1. The van der Waals surface area contributed by atoms with E-state index in [4.69, 9.17) is 11.6 Å². The first-order valence-electron chi connectivity index (χ1n) is 5.46. The van der Waals surface area contributed by atoms with E-state index in [1.807, 2.05) is 17.0 Å². The number of hydrogen-bond acceptors (Lipinski definition) is 1. The lowest BCUT2D eigenvalue weighted by Crippen LogP contribution is -2.36. The van der Waals surface area contributed by atoms with Gasteiger partial charge in [0.1, 0.15) is 0 Å². The van der Waals surface area contributed by atoms with Crippen LogP contribution in [0.4, 0.5) is 0 Å². The monoisotopic (exact) mass is 379 g/mol. The van der Waals surface area contributed by atoms with Crippen LogP contribution < -0.4 is 0 Å². The fourth-order valence-corrected chi connectivity index (χ4v) is 3.33. The molecule has 1 aromatic rings. The Morgan fingerprint density at radius 2 is 2.29 bits per heavy atom. The van der Waals surface area contributed by atoms with Crippen molar-refractivity contribution in [1.29, 1.82) is 0 Å². The van der Waals surface area contributed by atoms with Crippen LogP contribution in [0, 0.1) is 0 Å². The molecule has 1 saturated heterocycles. The van der Waals surface area contributed by atoms with Gasteiger partial charge in [-0.1, -0.05) is 33.6 Å². The lowest BCUT2D eigenvalue weighted by Gasteiger charge is -2.23. The molecule has 0 N–H and O–H groups in total. The number of nitrogens with zero attached hydrogens (tertiary/aromatic N) is 1. The minimum Gasteiger partial charge on any atom is -0.335 e. The molecule has 0 spiro atoms. The predicted octanol–water partition coefficient (Wildman–Crippen LogP) is 4.10. The van der Waals surface area contributed by atoms with Crippen molar-refractivity contribution in [3.05, 3.63) is 33.3 Å². The summed E-state index contributed by atoms with van der Waals surface area (Å²) < 4.78 is 0.764. The Morgan fingerprint density at radius 3 is 3.00 bits per heavy atom. The average molecular weight is 381 g/mol. The SMILES string of the molecule is O=C(c1cccc(Br)c1Cl)N1CCCC1CBr. The van der Waals surface area contributed by atoms with Gasteiger partial charge in [0.25, 0.3) is 5.91 Å². The second-order valence-corrected chi connectivity index (χ2v) is 5.93. The summed E-state index contributed by atoms with van der Waals surface area (Å²) in [6.07, 6.45) is 2.12. The van der Waals surface area contributed by atoms with Gasteiger partial charge >= 0.3 is 0 Å². The first kappa shape index (κ1) is 13.4. The summed E-state index contributed by atoms with van der Waals surface area (Å²) in [4.78, 5) is 14.3. The normalized spacial score (nSPS) is 19.7. The highest BCUT2D eigenvalue weighted by atomic mass is 79.9. The number of hydrogen-bond donors (Lipinski definition) is 0. The van der Waals surface area contributed by atoms with Gasteiger partial charge in [0.2, 0.25) is 0 Å². The van der Waals surface area contributed by atoms with E-state index in [2.05, 4.69) is 31.9 Å². The molecular formula is C12H12Br2ClNO. The Labute approximate surface area is 123 Å². The highest BCUT2D eigenvalue weighted by molar-refractivity contribution is 9.10. The largest absolute Gasteiger partial charge is 0.335 e. The fraction of sp³-hybridized carbons (Fsp3) is 0.417. The quantitative estimate of drug-likeness (QED) is 0.707. The van der Waals surface area contributed by atoms with Gasteiger partial charge in [-0.05, 0) is 40.9 Å². The average Bonchev–Trinajstić information content (AvgIpc) is 2.80. The van der Waals surface area contributed by atoms with Gasteiger partial charge in [-0.25, -0.2) is 0 Å². The Morgan fingerprint density at radius 1 is 1.53 bits per heavy atom. The summed E-state index contributed by atoms with van der Waals surface area (Å²) in [5.74, 6) is 0.0262. The molecule has 2 nitrogen and oxygen atoms in total. The van der Waals surface area contributed by atoms with Crippen molar-refractivity contribution < 1.29 is 4.79 Å². The lowest BCUT2D eigenvalue weighted by molar-refractivity contribution is 0.0750. The van der Waals surface area contributed by atoms with E-state index in [1.54, 1.807) is 6.07 Å². The van der Waals surface area contributed by atoms with Crippen LogP contribution in [0.1, 0.15) is 23.2 Å². The van der Waals surface area contributed by atoms with E-state index in [0.717, 1.165) is 29.2 Å². The maximum atomic E-state index is 12.4. The summed E-state index contributed by atoms with van der Waals surface area (Å²) in [5.41, 5.74) is 0.578. The maximum Gasteiger partial charge on any atom is 0.255 e. The van der Waals surface area contributed by atoms with Crippen LogP contribution in [0.2, 0.25) is 5.02 Å². The van der Waals surface area contributed by atoms with Gasteiger partial charge in [0, 0.05) is 22.4 Å². The van der Waals surface area contributed by atoms with Crippen LogP contribution in [0.15, 0.2) is 22.7 Å². The van der Waals surface area contributed by atoms with Gasteiger partial charge in [0.15, 0.2) is 0 Å². The number of rotatable bonds is 2. The predicted molar refractivity (Wildman–Crippen MR) is 77.0 cm³/mol. The molecular weight excluding hydrogens is 369 g/mol. The molecule has 2 rings (SSSR count). The topological polar surface area (TPSA) is 20.3 Å². The van der Waals surface area contributed by atoms with Crippen molar-refractivity contribution in [2.75, 3.05) is 11.9 Å². The number of benzene rings is 1. The first-order valence-corrected chi connectivity index (χ1v) is 7.75. The second kappa shape index (κ2) is 5.72. The molecule has 92 valence electrons. The van der Waals surface area contributed by atoms with E-state index in [0.29, 0.717) is 10.6 Å². The molecule has 1 heterocycles. The van der Waals surface area contributed by atoms with Crippen LogP contribution in [0.25, 0.3) is 0 Å².